The molecule has 0 amide bonds. The van der Waals surface area contributed by atoms with Crippen molar-refractivity contribution in [3.8, 4) is 5.69 Å². The van der Waals surface area contributed by atoms with Crippen LogP contribution in [0.3, 0.4) is 0 Å². The van der Waals surface area contributed by atoms with Crippen LogP contribution in [0.15, 0.2) is 83.3 Å². The van der Waals surface area contributed by atoms with Crippen molar-refractivity contribution in [2.45, 2.75) is 51.2 Å². The molecular weight excluding hydrogens is 462 g/mol. The van der Waals surface area contributed by atoms with Gasteiger partial charge in [-0.05, 0) is 60.2 Å². The molecule has 1 aromatic heterocycles. The summed E-state index contributed by atoms with van der Waals surface area (Å²) in [4.78, 5) is 15.5. The highest BCUT2D eigenvalue weighted by Gasteiger charge is 2.44. The molecular formula is C31H31N3O3-2. The maximum atomic E-state index is 13.6. The molecule has 190 valence electrons. The second-order valence-electron chi connectivity index (χ2n) is 10.8. The molecule has 6 nitrogen and oxygen atoms in total. The van der Waals surface area contributed by atoms with E-state index in [9.17, 15) is 15.0 Å². The van der Waals surface area contributed by atoms with E-state index in [1.54, 1.807) is 6.92 Å². The molecule has 0 saturated heterocycles. The number of anilines is 1. The summed E-state index contributed by atoms with van der Waals surface area (Å²) >= 11 is 0. The fraction of sp³-hybridized carbons (Fsp3) is 0.323. The van der Waals surface area contributed by atoms with Gasteiger partial charge in [0.25, 0.3) is 5.56 Å². The third kappa shape index (κ3) is 3.36. The first-order chi connectivity index (χ1) is 17.8. The van der Waals surface area contributed by atoms with Crippen LogP contribution in [0.25, 0.3) is 16.5 Å². The summed E-state index contributed by atoms with van der Waals surface area (Å²) in [5.74, 6) is -1.55. The van der Waals surface area contributed by atoms with Crippen LogP contribution in [0.1, 0.15) is 43.5 Å². The van der Waals surface area contributed by atoms with Gasteiger partial charge in [-0.1, -0.05) is 68.5 Å². The zero-order valence-electron chi connectivity index (χ0n) is 21.6. The van der Waals surface area contributed by atoms with Crippen LogP contribution in [0.5, 0.6) is 0 Å². The van der Waals surface area contributed by atoms with Gasteiger partial charge in [-0.25, -0.2) is 4.68 Å². The maximum Gasteiger partial charge on any atom is 0.274 e. The molecule has 1 saturated carbocycles. The van der Waals surface area contributed by atoms with E-state index in [0.29, 0.717) is 16.9 Å². The van der Waals surface area contributed by atoms with Gasteiger partial charge in [0.2, 0.25) is 0 Å². The van der Waals surface area contributed by atoms with Crippen LogP contribution in [0.2, 0.25) is 0 Å². The molecule has 6 heteroatoms. The Morgan fingerprint density at radius 3 is 2.35 bits per heavy atom. The smallest absolute Gasteiger partial charge is 0.274 e. The summed E-state index contributed by atoms with van der Waals surface area (Å²) in [5.41, 5.74) is 4.28. The summed E-state index contributed by atoms with van der Waals surface area (Å²) in [7, 11) is 0. The summed E-state index contributed by atoms with van der Waals surface area (Å²) in [5, 5.41) is 32.6. The van der Waals surface area contributed by atoms with Crippen molar-refractivity contribution >= 4 is 16.5 Å². The van der Waals surface area contributed by atoms with Gasteiger partial charge in [0.1, 0.15) is 0 Å². The predicted molar refractivity (Wildman–Crippen MR) is 143 cm³/mol. The number of allylic oxidation sites excluding steroid dienone is 1. The molecule has 0 bridgehead atoms. The number of benzene rings is 3. The number of likely N-dealkylation sites (N-methyl/N-ethyl adjacent to an activating group) is 1. The van der Waals surface area contributed by atoms with Gasteiger partial charge in [0.05, 0.1) is 5.69 Å². The number of fused-ring (bicyclic) bond motifs is 3. The molecule has 2 atom stereocenters. The minimum Gasteiger partial charge on any atom is -0.851 e. The normalized spacial score (nSPS) is 25.5. The number of nitrogens with one attached hydrogen (secondary N) is 1. The maximum absolute atomic E-state index is 13.6. The van der Waals surface area contributed by atoms with Gasteiger partial charge in [-0.15, -0.1) is 12.2 Å². The van der Waals surface area contributed by atoms with Gasteiger partial charge >= 0.3 is 0 Å². The molecule has 3 aromatic carbocycles. The molecule has 2 aliphatic rings. The number of rotatable bonds is 4. The average Bonchev–Trinajstić information content (AvgIpc) is 3.32. The van der Waals surface area contributed by atoms with Crippen molar-refractivity contribution in [1.29, 1.82) is 0 Å². The number of hydrogen-bond donors (Lipinski definition) is 1. The lowest BCUT2D eigenvalue weighted by atomic mass is 9.64. The second-order valence-corrected chi connectivity index (χ2v) is 10.8. The number of nitrogens with zero attached hydrogens (tertiary/aromatic N) is 2. The fourth-order valence-corrected chi connectivity index (χ4v) is 6.49. The first-order valence-corrected chi connectivity index (χ1v) is 13.0. The van der Waals surface area contributed by atoms with E-state index in [-0.39, 0.29) is 11.0 Å². The topological polar surface area (TPSA) is 87.2 Å². The van der Waals surface area contributed by atoms with Gasteiger partial charge in [0, 0.05) is 34.6 Å². The van der Waals surface area contributed by atoms with Crippen molar-refractivity contribution in [1.82, 2.24) is 9.78 Å². The lowest BCUT2D eigenvalue weighted by Gasteiger charge is -2.60. The van der Waals surface area contributed by atoms with Crippen LogP contribution in [-0.4, -0.2) is 28.5 Å². The second kappa shape index (κ2) is 8.47. The van der Waals surface area contributed by atoms with Crippen LogP contribution < -0.4 is 20.7 Å². The zero-order chi connectivity index (χ0) is 26.1. The molecule has 6 rings (SSSR count). The van der Waals surface area contributed by atoms with E-state index in [1.807, 2.05) is 42.5 Å². The summed E-state index contributed by atoms with van der Waals surface area (Å²) in [6.45, 7) is 8.94. The quantitative estimate of drug-likeness (QED) is 0.471. The Bertz CT molecular complexity index is 1570. The molecule has 1 aliphatic heterocycles. The van der Waals surface area contributed by atoms with Crippen molar-refractivity contribution in [3.63, 3.8) is 0 Å². The molecule has 37 heavy (non-hydrogen) atoms. The number of aryl methyl sites for hydroxylation is 1. The first-order valence-electron chi connectivity index (χ1n) is 13.0. The summed E-state index contributed by atoms with van der Waals surface area (Å²) in [6.07, 6.45) is -0.422. The Balaban J connectivity index is 1.37. The highest BCUT2D eigenvalue weighted by molar-refractivity contribution is 5.94. The SMILES string of the molecule is CCN1C(=CC2C([O-])C(c3c(C)[nH]n(-c4ccccc4)c3=O)C2[O-])C(C)(C)c2c1ccc1ccccc21. The van der Waals surface area contributed by atoms with E-state index < -0.39 is 24.0 Å². The highest BCUT2D eigenvalue weighted by Crippen LogP contribution is 2.52. The standard InChI is InChI=1S/C31H31N3O3/c1-5-33-23-16-15-19-11-9-10-14-21(19)27(23)31(3,4)24(33)17-22-28(35)26(29(22)36)25-18(2)32-34(30(25)37)20-12-7-6-8-13-20/h6-17,22,26,28-29,32H,5H2,1-4H3/q-2. The Hall–Kier alpha value is -3.61. The Morgan fingerprint density at radius 2 is 1.65 bits per heavy atom. The number of aromatic amines is 1. The van der Waals surface area contributed by atoms with Crippen molar-refractivity contribution in [2.75, 3.05) is 11.4 Å². The van der Waals surface area contributed by atoms with E-state index in [0.717, 1.165) is 17.9 Å². The minimum atomic E-state index is -1.17. The van der Waals surface area contributed by atoms with Gasteiger partial charge in [-0.3, -0.25) is 9.89 Å². The van der Waals surface area contributed by atoms with Crippen molar-refractivity contribution < 1.29 is 10.2 Å². The third-order valence-corrected chi connectivity index (χ3v) is 8.35. The average molecular weight is 494 g/mol. The van der Waals surface area contributed by atoms with Crippen LogP contribution in [0, 0.1) is 12.8 Å². The summed E-state index contributed by atoms with van der Waals surface area (Å²) in [6, 6.07) is 21.8. The van der Waals surface area contributed by atoms with Crippen molar-refractivity contribution in [2.24, 2.45) is 5.92 Å². The molecule has 0 spiro atoms. The van der Waals surface area contributed by atoms with Gasteiger partial charge in [0.15, 0.2) is 0 Å². The van der Waals surface area contributed by atoms with Crippen LogP contribution in [0.4, 0.5) is 5.69 Å². The lowest BCUT2D eigenvalue weighted by molar-refractivity contribution is -0.543. The number of para-hydroxylation sites is 1. The monoisotopic (exact) mass is 493 g/mol. The van der Waals surface area contributed by atoms with Crippen molar-refractivity contribution in [3.05, 3.63) is 106 Å². The lowest BCUT2D eigenvalue weighted by Crippen LogP contribution is -2.65. The molecule has 4 aromatic rings. The Labute approximate surface area is 216 Å². The van der Waals surface area contributed by atoms with E-state index in [1.165, 1.54) is 21.0 Å². The van der Waals surface area contributed by atoms with Crippen LogP contribution >= 0.6 is 0 Å². The summed E-state index contributed by atoms with van der Waals surface area (Å²) < 4.78 is 1.43. The molecule has 2 unspecified atom stereocenters. The first kappa shape index (κ1) is 23.8. The molecule has 1 N–H and O–H groups in total. The number of aromatic nitrogens is 2. The number of H-pyrrole nitrogens is 1. The molecule has 1 aliphatic carbocycles. The zero-order valence-corrected chi connectivity index (χ0v) is 21.6. The van der Waals surface area contributed by atoms with E-state index >= 15 is 0 Å². The largest absolute Gasteiger partial charge is 0.851 e. The predicted octanol–water partition coefficient (Wildman–Crippen LogP) is 3.50. The Morgan fingerprint density at radius 1 is 0.973 bits per heavy atom. The highest BCUT2D eigenvalue weighted by atomic mass is 16.3. The molecule has 1 fully saturated rings. The molecule has 0 radical (unpaired) electrons. The van der Waals surface area contributed by atoms with Gasteiger partial charge < -0.3 is 15.1 Å². The van der Waals surface area contributed by atoms with Gasteiger partial charge in [-0.2, -0.15) is 0 Å². The van der Waals surface area contributed by atoms with Crippen LogP contribution in [-0.2, 0) is 5.41 Å². The minimum absolute atomic E-state index is 0.309. The Kier molecular flexibility index (Phi) is 5.44. The number of hydrogen-bond acceptors (Lipinski definition) is 4. The van der Waals surface area contributed by atoms with E-state index in [2.05, 4.69) is 61.1 Å². The molecule has 2 heterocycles. The third-order valence-electron chi connectivity index (χ3n) is 8.35. The fourth-order valence-electron chi connectivity index (χ4n) is 6.49. The van der Waals surface area contributed by atoms with E-state index in [4.69, 9.17) is 0 Å².